The smallest absolute Gasteiger partial charge is 0.253 e. The summed E-state index contributed by atoms with van der Waals surface area (Å²) in [6, 6.07) is 40.3. The number of anilines is 2. The normalized spacial score (nSPS) is 13.2. The van der Waals surface area contributed by atoms with Gasteiger partial charge in [0.25, 0.3) is 6.71 Å². The summed E-state index contributed by atoms with van der Waals surface area (Å²) in [6.45, 7) is 14.2. The first kappa shape index (κ1) is 32.7. The van der Waals surface area contributed by atoms with Gasteiger partial charge in [0.15, 0.2) is 0 Å². The van der Waals surface area contributed by atoms with E-state index in [9.17, 15) is 0 Å². The van der Waals surface area contributed by atoms with E-state index < -0.39 is 0 Å². The molecular formula is C46H44BN. The SMILES string of the molecule is Cc1cc(C)c(B(c2c#cc(-c3ccc(N(C/C=C\C=C4\C=CC=CC4)c4ccccc4)cc3)cc2)c2c(C)cc(C)cc2C)c(C)c1. The van der Waals surface area contributed by atoms with E-state index in [1.54, 1.807) is 0 Å². The maximum Gasteiger partial charge on any atom is 0.253 e. The van der Waals surface area contributed by atoms with Gasteiger partial charge in [-0.25, -0.2) is 0 Å². The number of aryl methyl sites for hydroxylation is 6. The van der Waals surface area contributed by atoms with Gasteiger partial charge in [-0.05, 0) is 94.9 Å². The van der Waals surface area contributed by atoms with Gasteiger partial charge in [-0.2, -0.15) is 0 Å². The lowest BCUT2D eigenvalue weighted by atomic mass is 9.34. The number of para-hydroxylation sites is 1. The molecule has 0 amide bonds. The second-order valence-corrected chi connectivity index (χ2v) is 13.2. The van der Waals surface area contributed by atoms with Gasteiger partial charge in [0.1, 0.15) is 0 Å². The third-order valence-electron chi connectivity index (χ3n) is 9.34. The largest absolute Gasteiger partial charge is 0.338 e. The lowest BCUT2D eigenvalue weighted by Gasteiger charge is -2.24. The average Bonchev–Trinajstić information content (AvgIpc) is 3.08. The predicted molar refractivity (Wildman–Crippen MR) is 209 cm³/mol. The van der Waals surface area contributed by atoms with Crippen molar-refractivity contribution in [1.82, 2.24) is 0 Å². The van der Waals surface area contributed by atoms with Crippen molar-refractivity contribution in [3.63, 3.8) is 0 Å². The molecule has 236 valence electrons. The Morgan fingerprint density at radius 2 is 1.27 bits per heavy atom. The molecule has 6 rings (SSSR count). The first-order valence-electron chi connectivity index (χ1n) is 17.0. The first-order chi connectivity index (χ1) is 23.3. The Hall–Kier alpha value is -5.26. The van der Waals surface area contributed by atoms with Crippen molar-refractivity contribution in [1.29, 1.82) is 0 Å². The summed E-state index contributed by atoms with van der Waals surface area (Å²) >= 11 is 0. The summed E-state index contributed by atoms with van der Waals surface area (Å²) in [4.78, 5) is 2.34. The van der Waals surface area contributed by atoms with Gasteiger partial charge >= 0.3 is 0 Å². The van der Waals surface area contributed by atoms with Crippen LogP contribution in [0.1, 0.15) is 39.8 Å². The molecule has 0 saturated carbocycles. The fourth-order valence-electron chi connectivity index (χ4n) is 7.28. The standard InChI is InChI=1S/C46H44BN/c1-33-29-35(3)45(36(4)30-33)47(46-37(5)31-34(2)32-38(46)6)42-24-20-40(21-25-42)41-22-26-44(27-23-41)48(43-18-11-8-12-19-43)28-14-13-17-39-15-9-7-10-16-39/h7-15,17-20,22-24,26-27,29-32H,16,28H2,1-6H3/b14-13-,39-17-. The summed E-state index contributed by atoms with van der Waals surface area (Å²) in [5.74, 6) is 0. The van der Waals surface area contributed by atoms with Crippen LogP contribution >= 0.6 is 0 Å². The molecule has 0 bridgehead atoms. The van der Waals surface area contributed by atoms with Crippen molar-refractivity contribution in [2.75, 3.05) is 11.4 Å². The molecule has 0 fully saturated rings. The molecule has 0 aromatic heterocycles. The number of hydrogen-bond acceptors (Lipinski definition) is 1. The Labute approximate surface area is 288 Å². The van der Waals surface area contributed by atoms with Crippen LogP contribution in [-0.4, -0.2) is 13.3 Å². The molecule has 2 heteroatoms. The van der Waals surface area contributed by atoms with E-state index in [2.05, 4.69) is 192 Å². The van der Waals surface area contributed by atoms with Crippen molar-refractivity contribution < 1.29 is 0 Å². The Kier molecular flexibility index (Phi) is 9.98. The number of hydrogen-bond donors (Lipinski definition) is 0. The monoisotopic (exact) mass is 621 g/mol. The van der Waals surface area contributed by atoms with Crippen LogP contribution < -0.4 is 21.3 Å². The quantitative estimate of drug-likeness (QED) is 0.148. The molecule has 0 heterocycles. The highest BCUT2D eigenvalue weighted by Gasteiger charge is 2.28. The van der Waals surface area contributed by atoms with Crippen LogP contribution in [0.15, 0.2) is 139 Å². The number of allylic oxidation sites excluding steroid dienone is 7. The molecule has 5 aromatic rings. The predicted octanol–water partition coefficient (Wildman–Crippen LogP) is 9.46. The van der Waals surface area contributed by atoms with E-state index in [0.717, 1.165) is 35.2 Å². The zero-order valence-corrected chi connectivity index (χ0v) is 29.1. The molecule has 0 unspecified atom stereocenters. The zero-order chi connectivity index (χ0) is 33.6. The van der Waals surface area contributed by atoms with Crippen molar-refractivity contribution in [2.24, 2.45) is 0 Å². The number of benzene rings is 4. The van der Waals surface area contributed by atoms with E-state index in [0.29, 0.717) is 0 Å². The van der Waals surface area contributed by atoms with E-state index in [1.165, 1.54) is 55.6 Å². The van der Waals surface area contributed by atoms with Gasteiger partial charge in [-0.3, -0.25) is 0 Å². The van der Waals surface area contributed by atoms with Gasteiger partial charge < -0.3 is 4.90 Å². The van der Waals surface area contributed by atoms with Crippen molar-refractivity contribution in [2.45, 2.75) is 48.0 Å². The Balaban J connectivity index is 1.30. The molecule has 0 spiro atoms. The third-order valence-corrected chi connectivity index (χ3v) is 9.34. The summed E-state index contributed by atoms with van der Waals surface area (Å²) < 4.78 is 0. The third kappa shape index (κ3) is 7.32. The number of nitrogens with zero attached hydrogens (tertiary/aromatic N) is 1. The number of rotatable bonds is 9. The molecule has 1 nitrogen and oxygen atoms in total. The van der Waals surface area contributed by atoms with Crippen molar-refractivity contribution in [3.05, 3.63) is 185 Å². The molecule has 0 radical (unpaired) electrons. The van der Waals surface area contributed by atoms with Gasteiger partial charge in [0.05, 0.1) is 0 Å². The molecule has 1 aliphatic rings. The first-order valence-corrected chi connectivity index (χ1v) is 17.0. The lowest BCUT2D eigenvalue weighted by molar-refractivity contribution is 1.10. The summed E-state index contributed by atoms with van der Waals surface area (Å²) in [6.07, 6.45) is 16.1. The molecule has 0 atom stereocenters. The van der Waals surface area contributed by atoms with Gasteiger partial charge in [-0.1, -0.05) is 160 Å². The fraction of sp³-hybridized carbons (Fsp3) is 0.174. The second kappa shape index (κ2) is 14.7. The molecule has 0 saturated heterocycles. The lowest BCUT2D eigenvalue weighted by Crippen LogP contribution is -2.55. The summed E-state index contributed by atoms with van der Waals surface area (Å²) in [7, 11) is 0. The minimum Gasteiger partial charge on any atom is -0.338 e. The minimum atomic E-state index is 0.0904. The Morgan fingerprint density at radius 3 is 1.81 bits per heavy atom. The summed E-state index contributed by atoms with van der Waals surface area (Å²) in [5.41, 5.74) is 17.6. The fourth-order valence-corrected chi connectivity index (χ4v) is 7.28. The van der Waals surface area contributed by atoms with E-state index in [4.69, 9.17) is 0 Å². The highest BCUT2D eigenvalue weighted by molar-refractivity contribution is 6.96. The molecular weight excluding hydrogens is 577 g/mol. The topological polar surface area (TPSA) is 3.24 Å². The second-order valence-electron chi connectivity index (χ2n) is 13.2. The Morgan fingerprint density at radius 1 is 0.667 bits per heavy atom. The maximum atomic E-state index is 3.64. The van der Waals surface area contributed by atoms with Crippen LogP contribution in [0, 0.1) is 53.7 Å². The van der Waals surface area contributed by atoms with Crippen molar-refractivity contribution >= 4 is 34.5 Å². The van der Waals surface area contributed by atoms with Crippen LogP contribution in [-0.2, 0) is 0 Å². The summed E-state index contributed by atoms with van der Waals surface area (Å²) in [5, 5.41) is 0. The highest BCUT2D eigenvalue weighted by atomic mass is 15.1. The van der Waals surface area contributed by atoms with Gasteiger partial charge in [0.2, 0.25) is 0 Å². The molecule has 5 aromatic carbocycles. The Bertz CT molecular complexity index is 1900. The highest BCUT2D eigenvalue weighted by Crippen LogP contribution is 2.28. The van der Waals surface area contributed by atoms with Crippen LogP contribution in [0.5, 0.6) is 0 Å². The zero-order valence-electron chi connectivity index (χ0n) is 29.1. The average molecular weight is 622 g/mol. The minimum absolute atomic E-state index is 0.0904. The van der Waals surface area contributed by atoms with E-state index >= 15 is 0 Å². The molecule has 0 N–H and O–H groups in total. The molecule has 48 heavy (non-hydrogen) atoms. The van der Waals surface area contributed by atoms with Crippen LogP contribution in [0.2, 0.25) is 0 Å². The molecule has 1 aliphatic carbocycles. The van der Waals surface area contributed by atoms with Crippen LogP contribution in [0.3, 0.4) is 0 Å². The maximum absolute atomic E-state index is 3.64. The van der Waals surface area contributed by atoms with E-state index in [-0.39, 0.29) is 6.71 Å². The van der Waals surface area contributed by atoms with Crippen molar-refractivity contribution in [3.8, 4) is 11.1 Å². The molecule has 0 aliphatic heterocycles. The van der Waals surface area contributed by atoms with Gasteiger partial charge in [0, 0.05) is 23.5 Å². The van der Waals surface area contributed by atoms with Gasteiger partial charge in [-0.15, -0.1) is 0 Å². The van der Waals surface area contributed by atoms with Crippen LogP contribution in [0.25, 0.3) is 11.1 Å². The van der Waals surface area contributed by atoms with E-state index in [1.807, 2.05) is 0 Å². The van der Waals surface area contributed by atoms with Crippen LogP contribution in [0.4, 0.5) is 11.4 Å².